The van der Waals surface area contributed by atoms with Crippen LogP contribution in [0.15, 0.2) is 12.4 Å². The van der Waals surface area contributed by atoms with Gasteiger partial charge in [0.1, 0.15) is 11.4 Å². The zero-order valence-corrected chi connectivity index (χ0v) is 10.1. The average Bonchev–Trinajstić information content (AvgIpc) is 2.22. The number of nitrogens with zero attached hydrogens (tertiary/aromatic N) is 2. The van der Waals surface area contributed by atoms with Crippen LogP contribution in [0.1, 0.15) is 45.9 Å². The molecule has 84 valence electrons. The minimum absolute atomic E-state index is 0.0899. The van der Waals surface area contributed by atoms with Gasteiger partial charge in [0.15, 0.2) is 5.75 Å². The van der Waals surface area contributed by atoms with Gasteiger partial charge in [-0.05, 0) is 26.7 Å². The van der Waals surface area contributed by atoms with Crippen molar-refractivity contribution in [2.45, 2.75) is 52.6 Å². The van der Waals surface area contributed by atoms with Crippen LogP contribution in [-0.4, -0.2) is 15.6 Å². The minimum atomic E-state index is -0.0899. The van der Waals surface area contributed by atoms with Gasteiger partial charge in [0.05, 0.1) is 12.4 Å². The maximum Gasteiger partial charge on any atom is 0.156 e. The van der Waals surface area contributed by atoms with E-state index < -0.39 is 0 Å². The smallest absolute Gasteiger partial charge is 0.156 e. The van der Waals surface area contributed by atoms with E-state index in [0.717, 1.165) is 30.8 Å². The Labute approximate surface area is 91.9 Å². The second-order valence-electron chi connectivity index (χ2n) is 4.12. The number of hydrogen-bond acceptors (Lipinski definition) is 3. The van der Waals surface area contributed by atoms with Crippen molar-refractivity contribution in [3.05, 3.63) is 18.2 Å². The Morgan fingerprint density at radius 3 is 2.33 bits per heavy atom. The first-order chi connectivity index (χ1) is 7.09. The van der Waals surface area contributed by atoms with Gasteiger partial charge in [0.25, 0.3) is 0 Å². The monoisotopic (exact) mass is 208 g/mol. The lowest BCUT2D eigenvalue weighted by Crippen LogP contribution is -2.31. The molecule has 0 amide bonds. The standard InChI is InChI=1S/C12H20N2O/c1-5-7-12(4,6-2)15-11-8-13-10(3)14-9-11/h8-9H,5-7H2,1-4H3. The summed E-state index contributed by atoms with van der Waals surface area (Å²) in [5.74, 6) is 1.54. The van der Waals surface area contributed by atoms with Crippen molar-refractivity contribution in [2.24, 2.45) is 0 Å². The van der Waals surface area contributed by atoms with E-state index in [0.29, 0.717) is 0 Å². The molecule has 0 N–H and O–H groups in total. The van der Waals surface area contributed by atoms with Gasteiger partial charge in [-0.2, -0.15) is 0 Å². The number of aromatic nitrogens is 2. The Bertz CT molecular complexity index is 297. The molecule has 0 spiro atoms. The summed E-state index contributed by atoms with van der Waals surface area (Å²) in [6.07, 6.45) is 6.65. The molecule has 3 heteroatoms. The van der Waals surface area contributed by atoms with E-state index in [4.69, 9.17) is 4.74 Å². The summed E-state index contributed by atoms with van der Waals surface area (Å²) in [7, 11) is 0. The summed E-state index contributed by atoms with van der Waals surface area (Å²) in [6.45, 7) is 8.32. The van der Waals surface area contributed by atoms with Gasteiger partial charge in [-0.15, -0.1) is 0 Å². The van der Waals surface area contributed by atoms with E-state index in [-0.39, 0.29) is 5.60 Å². The fourth-order valence-corrected chi connectivity index (χ4v) is 1.55. The van der Waals surface area contributed by atoms with Crippen molar-refractivity contribution < 1.29 is 4.74 Å². The Morgan fingerprint density at radius 1 is 1.27 bits per heavy atom. The number of rotatable bonds is 5. The molecule has 0 fully saturated rings. The molecule has 1 atom stereocenters. The quantitative estimate of drug-likeness (QED) is 0.745. The highest BCUT2D eigenvalue weighted by Gasteiger charge is 2.23. The van der Waals surface area contributed by atoms with Crippen LogP contribution >= 0.6 is 0 Å². The zero-order chi connectivity index (χ0) is 11.3. The Balaban J connectivity index is 2.70. The highest BCUT2D eigenvalue weighted by molar-refractivity contribution is 5.13. The normalized spacial score (nSPS) is 14.7. The van der Waals surface area contributed by atoms with Crippen LogP contribution in [0, 0.1) is 6.92 Å². The Kier molecular flexibility index (Phi) is 4.06. The maximum absolute atomic E-state index is 5.92. The maximum atomic E-state index is 5.92. The highest BCUT2D eigenvalue weighted by atomic mass is 16.5. The molecule has 15 heavy (non-hydrogen) atoms. The van der Waals surface area contributed by atoms with E-state index in [1.165, 1.54) is 0 Å². The molecule has 0 aliphatic rings. The van der Waals surface area contributed by atoms with E-state index in [9.17, 15) is 0 Å². The predicted octanol–water partition coefficient (Wildman–Crippen LogP) is 3.13. The summed E-state index contributed by atoms with van der Waals surface area (Å²) >= 11 is 0. The van der Waals surface area contributed by atoms with Crippen molar-refractivity contribution in [3.8, 4) is 5.75 Å². The number of hydrogen-bond donors (Lipinski definition) is 0. The van der Waals surface area contributed by atoms with Crippen LogP contribution < -0.4 is 4.74 Å². The second kappa shape index (κ2) is 5.10. The second-order valence-corrected chi connectivity index (χ2v) is 4.12. The van der Waals surface area contributed by atoms with Crippen molar-refractivity contribution in [1.29, 1.82) is 0 Å². The first kappa shape index (κ1) is 12.0. The third-order valence-corrected chi connectivity index (χ3v) is 2.65. The molecule has 0 saturated carbocycles. The molecule has 0 aromatic carbocycles. The van der Waals surface area contributed by atoms with Gasteiger partial charge in [0.2, 0.25) is 0 Å². The zero-order valence-electron chi connectivity index (χ0n) is 10.1. The molecule has 1 unspecified atom stereocenters. The predicted molar refractivity (Wildman–Crippen MR) is 61.0 cm³/mol. The summed E-state index contributed by atoms with van der Waals surface area (Å²) in [5.41, 5.74) is -0.0899. The molecular formula is C12H20N2O. The molecular weight excluding hydrogens is 188 g/mol. The van der Waals surface area contributed by atoms with Crippen LogP contribution in [0.25, 0.3) is 0 Å². The van der Waals surface area contributed by atoms with Crippen molar-refractivity contribution in [1.82, 2.24) is 9.97 Å². The summed E-state index contributed by atoms with van der Waals surface area (Å²) in [4.78, 5) is 8.24. The fourth-order valence-electron chi connectivity index (χ4n) is 1.55. The first-order valence-electron chi connectivity index (χ1n) is 5.57. The van der Waals surface area contributed by atoms with E-state index in [2.05, 4.69) is 30.7 Å². The summed E-state index contributed by atoms with van der Waals surface area (Å²) < 4.78 is 5.92. The SMILES string of the molecule is CCCC(C)(CC)Oc1cnc(C)nc1. The molecule has 0 aliphatic heterocycles. The third-order valence-electron chi connectivity index (χ3n) is 2.65. The largest absolute Gasteiger partial charge is 0.484 e. The molecule has 1 aromatic heterocycles. The molecule has 1 heterocycles. The molecule has 1 aromatic rings. The van der Waals surface area contributed by atoms with Gasteiger partial charge < -0.3 is 4.74 Å². The molecule has 0 saturated heterocycles. The van der Waals surface area contributed by atoms with Crippen molar-refractivity contribution in [3.63, 3.8) is 0 Å². The lowest BCUT2D eigenvalue weighted by atomic mass is 9.97. The van der Waals surface area contributed by atoms with E-state index in [1.54, 1.807) is 12.4 Å². The molecule has 0 aliphatic carbocycles. The third kappa shape index (κ3) is 3.50. The van der Waals surface area contributed by atoms with Crippen LogP contribution in [0.4, 0.5) is 0 Å². The molecule has 1 rings (SSSR count). The Morgan fingerprint density at radius 2 is 1.87 bits per heavy atom. The fraction of sp³-hybridized carbons (Fsp3) is 0.667. The Hall–Kier alpha value is -1.12. The van der Waals surface area contributed by atoms with Gasteiger partial charge in [-0.1, -0.05) is 20.3 Å². The summed E-state index contributed by atoms with van der Waals surface area (Å²) in [5, 5.41) is 0. The van der Waals surface area contributed by atoms with Crippen LogP contribution in [0.3, 0.4) is 0 Å². The molecule has 3 nitrogen and oxygen atoms in total. The molecule has 0 bridgehead atoms. The van der Waals surface area contributed by atoms with E-state index >= 15 is 0 Å². The van der Waals surface area contributed by atoms with Crippen LogP contribution in [-0.2, 0) is 0 Å². The first-order valence-corrected chi connectivity index (χ1v) is 5.57. The highest BCUT2D eigenvalue weighted by Crippen LogP contribution is 2.24. The lowest BCUT2D eigenvalue weighted by Gasteiger charge is -2.28. The van der Waals surface area contributed by atoms with Gasteiger partial charge in [-0.25, -0.2) is 9.97 Å². The average molecular weight is 208 g/mol. The summed E-state index contributed by atoms with van der Waals surface area (Å²) in [6, 6.07) is 0. The minimum Gasteiger partial charge on any atom is -0.484 e. The van der Waals surface area contributed by atoms with Crippen molar-refractivity contribution >= 4 is 0 Å². The van der Waals surface area contributed by atoms with Gasteiger partial charge in [-0.3, -0.25) is 0 Å². The van der Waals surface area contributed by atoms with Crippen LogP contribution in [0.5, 0.6) is 5.75 Å². The molecule has 0 radical (unpaired) electrons. The van der Waals surface area contributed by atoms with Crippen LogP contribution in [0.2, 0.25) is 0 Å². The number of ether oxygens (including phenoxy) is 1. The van der Waals surface area contributed by atoms with Gasteiger partial charge >= 0.3 is 0 Å². The lowest BCUT2D eigenvalue weighted by molar-refractivity contribution is 0.0731. The topological polar surface area (TPSA) is 35.0 Å². The number of aryl methyl sites for hydroxylation is 1. The van der Waals surface area contributed by atoms with Gasteiger partial charge in [0, 0.05) is 0 Å². The van der Waals surface area contributed by atoms with E-state index in [1.807, 2.05) is 6.92 Å². The van der Waals surface area contributed by atoms with Crippen molar-refractivity contribution in [2.75, 3.05) is 0 Å².